The summed E-state index contributed by atoms with van der Waals surface area (Å²) in [5, 5.41) is 8.18. The van der Waals surface area contributed by atoms with E-state index in [2.05, 4.69) is 20.6 Å². The number of carbonyl (C=O) groups excluding carboxylic acids is 2. The first kappa shape index (κ1) is 19.1. The smallest absolute Gasteiger partial charge is 0.326 e. The molecule has 0 unspecified atom stereocenters. The van der Waals surface area contributed by atoms with Crippen LogP contribution in [0.1, 0.15) is 11.1 Å². The normalized spacial score (nSPS) is 15.5. The molecule has 28 heavy (non-hydrogen) atoms. The van der Waals surface area contributed by atoms with Crippen LogP contribution in [0.5, 0.6) is 5.75 Å². The lowest BCUT2D eigenvalue weighted by atomic mass is 10.2. The third kappa shape index (κ3) is 4.54. The van der Waals surface area contributed by atoms with E-state index in [1.54, 1.807) is 31.4 Å². The molecule has 2 aromatic rings. The Hall–Kier alpha value is -3.66. The monoisotopic (exact) mass is 400 g/mol. The number of amides is 3. The quantitative estimate of drug-likeness (QED) is 0.291. The molecule has 0 atom stereocenters. The van der Waals surface area contributed by atoms with E-state index in [1.165, 1.54) is 36.6 Å². The summed E-state index contributed by atoms with van der Waals surface area (Å²) in [5.74, 6) is 0.138. The Kier molecular flexibility index (Phi) is 5.41. The van der Waals surface area contributed by atoms with E-state index in [1.807, 2.05) is 0 Å². The molecule has 0 aliphatic carbocycles. The van der Waals surface area contributed by atoms with E-state index in [0.717, 1.165) is 0 Å². The van der Waals surface area contributed by atoms with E-state index >= 15 is 0 Å². The largest absolute Gasteiger partial charge is 0.497 e. The summed E-state index contributed by atoms with van der Waals surface area (Å²) in [6.45, 7) is 0. The predicted molar refractivity (Wildman–Crippen MR) is 102 cm³/mol. The summed E-state index contributed by atoms with van der Waals surface area (Å²) in [4.78, 5) is 24.7. The molecular formula is C18H16N4O5S. The second kappa shape index (κ2) is 7.92. The Morgan fingerprint density at radius 2 is 1.61 bits per heavy atom. The van der Waals surface area contributed by atoms with Gasteiger partial charge in [-0.15, -0.1) is 0 Å². The van der Waals surface area contributed by atoms with Crippen LogP contribution in [0.25, 0.3) is 6.08 Å². The number of nitrogens with one attached hydrogen (secondary N) is 3. The fourth-order valence-corrected chi connectivity index (χ4v) is 3.10. The van der Waals surface area contributed by atoms with Gasteiger partial charge in [0.05, 0.1) is 18.2 Å². The van der Waals surface area contributed by atoms with Crippen LogP contribution >= 0.6 is 0 Å². The van der Waals surface area contributed by atoms with E-state index in [0.29, 0.717) is 16.9 Å². The van der Waals surface area contributed by atoms with Crippen molar-refractivity contribution in [3.63, 3.8) is 0 Å². The maximum Gasteiger partial charge on any atom is 0.326 e. The minimum Gasteiger partial charge on any atom is -0.497 e. The van der Waals surface area contributed by atoms with Gasteiger partial charge in [-0.1, -0.05) is 12.1 Å². The van der Waals surface area contributed by atoms with Crippen molar-refractivity contribution in [3.05, 3.63) is 65.4 Å². The van der Waals surface area contributed by atoms with Gasteiger partial charge in [0.15, 0.2) is 0 Å². The minimum atomic E-state index is -3.85. The van der Waals surface area contributed by atoms with Gasteiger partial charge in [-0.2, -0.15) is 13.5 Å². The number of hydrogen-bond donors (Lipinski definition) is 3. The Balaban J connectivity index is 1.68. The van der Waals surface area contributed by atoms with Gasteiger partial charge >= 0.3 is 6.03 Å². The van der Waals surface area contributed by atoms with Crippen LogP contribution in [0.3, 0.4) is 0 Å². The first-order valence-electron chi connectivity index (χ1n) is 8.00. The van der Waals surface area contributed by atoms with Crippen molar-refractivity contribution in [3.8, 4) is 5.75 Å². The first-order chi connectivity index (χ1) is 13.4. The van der Waals surface area contributed by atoms with Gasteiger partial charge in [-0.25, -0.2) is 9.63 Å². The van der Waals surface area contributed by atoms with Gasteiger partial charge in [-0.05, 0) is 53.6 Å². The number of ether oxygens (including phenoxy) is 1. The zero-order chi connectivity index (χ0) is 20.1. The number of carbonyl (C=O) groups is 2. The number of hydrazone groups is 1. The Morgan fingerprint density at radius 1 is 0.964 bits per heavy atom. The van der Waals surface area contributed by atoms with Crippen LogP contribution in [0.4, 0.5) is 4.79 Å². The third-order valence-electron chi connectivity index (χ3n) is 3.72. The van der Waals surface area contributed by atoms with Gasteiger partial charge in [-0.3, -0.25) is 10.1 Å². The van der Waals surface area contributed by atoms with Gasteiger partial charge in [0.25, 0.3) is 15.9 Å². The molecule has 1 aliphatic heterocycles. The number of urea groups is 1. The maximum absolute atomic E-state index is 12.3. The van der Waals surface area contributed by atoms with E-state index in [-0.39, 0.29) is 10.6 Å². The highest BCUT2D eigenvalue weighted by Gasteiger charge is 2.22. The van der Waals surface area contributed by atoms with Crippen LogP contribution in [-0.2, 0) is 14.8 Å². The lowest BCUT2D eigenvalue weighted by Gasteiger charge is -2.04. The molecule has 0 saturated carbocycles. The first-order valence-corrected chi connectivity index (χ1v) is 9.49. The molecule has 0 radical (unpaired) electrons. The lowest BCUT2D eigenvalue weighted by molar-refractivity contribution is -0.115. The van der Waals surface area contributed by atoms with Crippen molar-refractivity contribution in [1.29, 1.82) is 0 Å². The van der Waals surface area contributed by atoms with Crippen molar-refractivity contribution in [1.82, 2.24) is 15.5 Å². The molecule has 9 nitrogen and oxygen atoms in total. The van der Waals surface area contributed by atoms with Crippen LogP contribution < -0.4 is 20.2 Å². The zero-order valence-electron chi connectivity index (χ0n) is 14.7. The molecular weight excluding hydrogens is 384 g/mol. The molecule has 3 amide bonds. The molecule has 3 N–H and O–H groups in total. The number of methoxy groups -OCH3 is 1. The van der Waals surface area contributed by atoms with Gasteiger partial charge in [0.2, 0.25) is 0 Å². The summed E-state index contributed by atoms with van der Waals surface area (Å²) in [6.07, 6.45) is 2.81. The maximum atomic E-state index is 12.3. The van der Waals surface area contributed by atoms with E-state index in [9.17, 15) is 18.0 Å². The standard InChI is InChI=1S/C18H16N4O5S/c1-27-14-6-2-13(3-7-14)11-19-22-28(25,26)15-8-4-12(5-9-15)10-16-17(23)21-18(24)20-16/h2-11,22H,1H3,(H2,20,21,23,24)/b16-10-,19-11+. The molecule has 144 valence electrons. The number of benzene rings is 2. The average molecular weight is 400 g/mol. The van der Waals surface area contributed by atoms with Crippen LogP contribution in [0.2, 0.25) is 0 Å². The van der Waals surface area contributed by atoms with Crippen molar-refractivity contribution >= 4 is 34.3 Å². The summed E-state index contributed by atoms with van der Waals surface area (Å²) < 4.78 is 29.6. The minimum absolute atomic E-state index is 0.00133. The number of sulfonamides is 1. The summed E-state index contributed by atoms with van der Waals surface area (Å²) in [5.41, 5.74) is 1.33. The van der Waals surface area contributed by atoms with Crippen LogP contribution in [-0.4, -0.2) is 33.7 Å². The number of hydrogen-bond acceptors (Lipinski definition) is 6. The molecule has 3 rings (SSSR count). The van der Waals surface area contributed by atoms with Crippen molar-refractivity contribution in [2.75, 3.05) is 7.11 Å². The second-order valence-corrected chi connectivity index (χ2v) is 7.32. The van der Waals surface area contributed by atoms with Crippen LogP contribution in [0, 0.1) is 0 Å². The number of rotatable bonds is 6. The molecule has 0 bridgehead atoms. The molecule has 10 heteroatoms. The fraction of sp³-hybridized carbons (Fsp3) is 0.0556. The molecule has 1 saturated heterocycles. The topological polar surface area (TPSA) is 126 Å². The number of imide groups is 1. The summed E-state index contributed by atoms with van der Waals surface area (Å²) in [6, 6.07) is 12.1. The molecule has 0 spiro atoms. The SMILES string of the molecule is COc1ccc(/C=N/NS(=O)(=O)c2ccc(/C=C3\NC(=O)NC3=O)cc2)cc1. The second-order valence-electron chi connectivity index (χ2n) is 5.66. The highest BCUT2D eigenvalue weighted by atomic mass is 32.2. The highest BCUT2D eigenvalue weighted by Crippen LogP contribution is 2.14. The van der Waals surface area contributed by atoms with Crippen molar-refractivity contribution < 1.29 is 22.7 Å². The molecule has 0 aromatic heterocycles. The summed E-state index contributed by atoms with van der Waals surface area (Å²) in [7, 11) is -2.30. The van der Waals surface area contributed by atoms with E-state index < -0.39 is 22.0 Å². The Labute approximate surface area is 161 Å². The molecule has 1 fully saturated rings. The van der Waals surface area contributed by atoms with Crippen molar-refractivity contribution in [2.45, 2.75) is 4.90 Å². The molecule has 2 aromatic carbocycles. The summed E-state index contributed by atoms with van der Waals surface area (Å²) >= 11 is 0. The van der Waals surface area contributed by atoms with Gasteiger partial charge in [0, 0.05) is 0 Å². The Bertz CT molecular complexity index is 1060. The molecule has 1 heterocycles. The lowest BCUT2D eigenvalue weighted by Crippen LogP contribution is -2.22. The van der Waals surface area contributed by atoms with Gasteiger partial charge < -0.3 is 10.1 Å². The van der Waals surface area contributed by atoms with Crippen molar-refractivity contribution in [2.24, 2.45) is 5.10 Å². The molecule has 1 aliphatic rings. The third-order valence-corrected chi connectivity index (χ3v) is 4.96. The highest BCUT2D eigenvalue weighted by molar-refractivity contribution is 7.89. The number of nitrogens with zero attached hydrogens (tertiary/aromatic N) is 1. The van der Waals surface area contributed by atoms with Crippen LogP contribution in [0.15, 0.2) is 64.2 Å². The fourth-order valence-electron chi connectivity index (χ4n) is 2.31. The average Bonchev–Trinajstić information content (AvgIpc) is 2.99. The Morgan fingerprint density at radius 3 is 2.18 bits per heavy atom. The van der Waals surface area contributed by atoms with Gasteiger partial charge in [0.1, 0.15) is 11.4 Å². The predicted octanol–water partition coefficient (Wildman–Crippen LogP) is 1.19. The van der Waals surface area contributed by atoms with E-state index in [4.69, 9.17) is 4.74 Å². The zero-order valence-corrected chi connectivity index (χ0v) is 15.5.